The van der Waals surface area contributed by atoms with Crippen LogP contribution in [0.2, 0.25) is 0 Å². The fraction of sp³-hybridized carbons (Fsp3) is 0.625. The fourth-order valence-corrected chi connectivity index (χ4v) is 0.737. The van der Waals surface area contributed by atoms with Crippen molar-refractivity contribution in [2.24, 2.45) is 0 Å². The Morgan fingerprint density at radius 2 is 2.36 bits per heavy atom. The van der Waals surface area contributed by atoms with E-state index in [2.05, 4.69) is 32.5 Å². The molecule has 0 atom stereocenters. The highest BCUT2D eigenvalue weighted by Crippen LogP contribution is 1.90. The van der Waals surface area contributed by atoms with Crippen LogP contribution in [0, 0.1) is 11.8 Å². The van der Waals surface area contributed by atoms with E-state index in [0.29, 0.717) is 6.61 Å². The Balaban J connectivity index is 3.43. The third-order valence-corrected chi connectivity index (χ3v) is 1.46. The third kappa shape index (κ3) is 7.41. The summed E-state index contributed by atoms with van der Waals surface area (Å²) in [4.78, 5) is 10.6. The van der Waals surface area contributed by atoms with Crippen LogP contribution in [0.1, 0.15) is 19.8 Å². The van der Waals surface area contributed by atoms with Crippen LogP contribution in [0.25, 0.3) is 0 Å². The Labute approximate surface area is 75.4 Å². The minimum atomic E-state index is -0.429. The molecule has 0 aliphatic carbocycles. The van der Waals surface area contributed by atoms with Gasteiger partial charge in [0.2, 0.25) is 0 Å². The van der Waals surface area contributed by atoms with Crippen molar-refractivity contribution in [2.45, 2.75) is 19.8 Å². The minimum Gasteiger partial charge on any atom is -0.456 e. The van der Waals surface area contributed by atoms with Gasteiger partial charge < -0.3 is 4.74 Å². The molecule has 0 bridgehead atoms. The highest BCUT2D eigenvalue weighted by molar-refractivity contribution is 9.09. The summed E-state index contributed by atoms with van der Waals surface area (Å²) >= 11 is 3.26. The Kier molecular flexibility index (Phi) is 7.28. The average molecular weight is 219 g/mol. The Morgan fingerprint density at radius 1 is 1.64 bits per heavy atom. The first-order valence-electron chi connectivity index (χ1n) is 3.52. The summed E-state index contributed by atoms with van der Waals surface area (Å²) in [5, 5.41) is 0.921. The molecule has 0 saturated heterocycles. The van der Waals surface area contributed by atoms with Gasteiger partial charge in [0.15, 0.2) is 0 Å². The zero-order valence-corrected chi connectivity index (χ0v) is 8.11. The molecular formula is C8H11BrO2. The molecule has 0 aliphatic rings. The molecule has 11 heavy (non-hydrogen) atoms. The van der Waals surface area contributed by atoms with Crippen molar-refractivity contribution >= 4 is 21.9 Å². The van der Waals surface area contributed by atoms with Crippen molar-refractivity contribution in [2.75, 3.05) is 11.9 Å². The number of alkyl halides is 1. The predicted octanol–water partition coefficient (Wildman–Crippen LogP) is 1.73. The van der Waals surface area contributed by atoms with Crippen LogP contribution in [-0.4, -0.2) is 17.9 Å². The molecule has 0 heterocycles. The van der Waals surface area contributed by atoms with E-state index in [4.69, 9.17) is 0 Å². The van der Waals surface area contributed by atoms with Crippen molar-refractivity contribution in [1.82, 2.24) is 0 Å². The monoisotopic (exact) mass is 218 g/mol. The van der Waals surface area contributed by atoms with Crippen LogP contribution < -0.4 is 0 Å². The molecule has 0 amide bonds. The number of esters is 1. The molecule has 0 saturated carbocycles. The SMILES string of the molecule is CCOC(=O)C#CCCCBr. The number of unbranched alkanes of at least 4 members (excludes halogenated alkanes) is 1. The topological polar surface area (TPSA) is 26.3 Å². The summed E-state index contributed by atoms with van der Waals surface area (Å²) in [5.41, 5.74) is 0. The molecule has 0 rings (SSSR count). The van der Waals surface area contributed by atoms with Crippen LogP contribution in [0.5, 0.6) is 0 Å². The zero-order valence-electron chi connectivity index (χ0n) is 6.52. The lowest BCUT2D eigenvalue weighted by Crippen LogP contribution is -1.99. The molecular weight excluding hydrogens is 208 g/mol. The summed E-state index contributed by atoms with van der Waals surface area (Å²) in [6.45, 7) is 2.16. The lowest BCUT2D eigenvalue weighted by molar-refractivity contribution is -0.136. The molecule has 0 N–H and O–H groups in total. The summed E-state index contributed by atoms with van der Waals surface area (Å²) in [5.74, 6) is 4.67. The lowest BCUT2D eigenvalue weighted by atomic mass is 10.3. The molecule has 0 unspecified atom stereocenters. The summed E-state index contributed by atoms with van der Waals surface area (Å²) in [7, 11) is 0. The van der Waals surface area contributed by atoms with Gasteiger partial charge in [-0.05, 0) is 13.3 Å². The minimum absolute atomic E-state index is 0.395. The van der Waals surface area contributed by atoms with Crippen molar-refractivity contribution in [3.63, 3.8) is 0 Å². The van der Waals surface area contributed by atoms with Crippen LogP contribution in [0.3, 0.4) is 0 Å². The molecule has 0 aromatic heterocycles. The first-order valence-corrected chi connectivity index (χ1v) is 4.65. The van der Waals surface area contributed by atoms with Gasteiger partial charge >= 0.3 is 5.97 Å². The van der Waals surface area contributed by atoms with Gasteiger partial charge in [0.25, 0.3) is 0 Å². The van der Waals surface area contributed by atoms with Gasteiger partial charge in [-0.2, -0.15) is 0 Å². The molecule has 0 spiro atoms. The predicted molar refractivity (Wildman–Crippen MR) is 47.4 cm³/mol. The van der Waals surface area contributed by atoms with Crippen molar-refractivity contribution in [3.05, 3.63) is 0 Å². The summed E-state index contributed by atoms with van der Waals surface area (Å²) < 4.78 is 4.60. The summed E-state index contributed by atoms with van der Waals surface area (Å²) in [6, 6.07) is 0. The van der Waals surface area contributed by atoms with E-state index in [1.54, 1.807) is 6.92 Å². The van der Waals surface area contributed by atoms with E-state index in [-0.39, 0.29) is 0 Å². The number of hydrogen-bond donors (Lipinski definition) is 0. The number of rotatable bonds is 3. The van der Waals surface area contributed by atoms with Crippen LogP contribution in [-0.2, 0) is 9.53 Å². The standard InChI is InChI=1S/C8H11BrO2/c1-2-11-8(10)6-4-3-5-7-9/h2-3,5,7H2,1H3. The molecule has 2 nitrogen and oxygen atoms in total. The molecule has 0 aromatic rings. The normalized spacial score (nSPS) is 8.18. The van der Waals surface area contributed by atoms with Crippen LogP contribution in [0.4, 0.5) is 0 Å². The van der Waals surface area contributed by atoms with E-state index >= 15 is 0 Å². The molecule has 0 fully saturated rings. The molecule has 0 radical (unpaired) electrons. The Bertz CT molecular complexity index is 167. The van der Waals surface area contributed by atoms with Gasteiger partial charge in [0, 0.05) is 17.7 Å². The summed E-state index contributed by atoms with van der Waals surface area (Å²) in [6.07, 6.45) is 1.70. The largest absolute Gasteiger partial charge is 0.456 e. The second kappa shape index (κ2) is 7.62. The number of halogens is 1. The van der Waals surface area contributed by atoms with E-state index in [1.165, 1.54) is 0 Å². The fourth-order valence-electron chi connectivity index (χ4n) is 0.457. The highest BCUT2D eigenvalue weighted by Gasteiger charge is 1.90. The van der Waals surface area contributed by atoms with Crippen molar-refractivity contribution < 1.29 is 9.53 Å². The quantitative estimate of drug-likeness (QED) is 0.237. The van der Waals surface area contributed by atoms with Gasteiger partial charge in [-0.15, -0.1) is 0 Å². The number of ether oxygens (including phenoxy) is 1. The Hall–Kier alpha value is -0.490. The maximum absolute atomic E-state index is 10.6. The highest BCUT2D eigenvalue weighted by atomic mass is 79.9. The molecule has 62 valence electrons. The number of carbonyl (C=O) groups excluding carboxylic acids is 1. The second-order valence-electron chi connectivity index (χ2n) is 1.81. The Morgan fingerprint density at radius 3 is 2.91 bits per heavy atom. The van der Waals surface area contributed by atoms with Gasteiger partial charge in [-0.1, -0.05) is 21.9 Å². The first kappa shape index (κ1) is 10.5. The number of hydrogen-bond acceptors (Lipinski definition) is 2. The van der Waals surface area contributed by atoms with Crippen molar-refractivity contribution in [3.8, 4) is 11.8 Å². The molecule has 0 aromatic carbocycles. The number of carbonyl (C=O) groups is 1. The maximum atomic E-state index is 10.6. The van der Waals surface area contributed by atoms with Crippen molar-refractivity contribution in [1.29, 1.82) is 0 Å². The van der Waals surface area contributed by atoms with Crippen LogP contribution >= 0.6 is 15.9 Å². The van der Waals surface area contributed by atoms with E-state index < -0.39 is 5.97 Å². The first-order chi connectivity index (χ1) is 5.31. The lowest BCUT2D eigenvalue weighted by Gasteiger charge is -1.90. The smallest absolute Gasteiger partial charge is 0.384 e. The van der Waals surface area contributed by atoms with E-state index in [9.17, 15) is 4.79 Å². The van der Waals surface area contributed by atoms with Gasteiger partial charge in [-0.3, -0.25) is 0 Å². The van der Waals surface area contributed by atoms with E-state index in [1.807, 2.05) is 0 Å². The second-order valence-corrected chi connectivity index (χ2v) is 2.61. The molecule has 3 heteroatoms. The van der Waals surface area contributed by atoms with E-state index in [0.717, 1.165) is 18.2 Å². The van der Waals surface area contributed by atoms with Gasteiger partial charge in [-0.25, -0.2) is 4.79 Å². The van der Waals surface area contributed by atoms with Gasteiger partial charge in [0.05, 0.1) is 6.61 Å². The molecule has 0 aliphatic heterocycles. The average Bonchev–Trinajstić information content (AvgIpc) is 1.99. The maximum Gasteiger partial charge on any atom is 0.384 e. The van der Waals surface area contributed by atoms with Gasteiger partial charge in [0.1, 0.15) is 0 Å². The third-order valence-electron chi connectivity index (χ3n) is 0.901. The zero-order chi connectivity index (χ0) is 8.53. The van der Waals surface area contributed by atoms with Crippen LogP contribution in [0.15, 0.2) is 0 Å².